The lowest BCUT2D eigenvalue weighted by Crippen LogP contribution is -2.41. The summed E-state index contributed by atoms with van der Waals surface area (Å²) >= 11 is 0. The average Bonchev–Trinajstić information content (AvgIpc) is 2.64. The summed E-state index contributed by atoms with van der Waals surface area (Å²) in [4.78, 5) is 35.8. The van der Waals surface area contributed by atoms with Crippen molar-refractivity contribution in [2.45, 2.75) is 45.6 Å². The van der Waals surface area contributed by atoms with Crippen LogP contribution in [0, 0.1) is 0 Å². The summed E-state index contributed by atoms with van der Waals surface area (Å²) in [6.07, 6.45) is 1.88. The second kappa shape index (κ2) is 11.9. The molecule has 0 radical (unpaired) electrons. The number of carbonyl (C=O) groups excluding carboxylic acids is 3. The van der Waals surface area contributed by atoms with E-state index in [9.17, 15) is 14.4 Å². The van der Waals surface area contributed by atoms with Gasteiger partial charge in [0.25, 0.3) is 5.91 Å². The van der Waals surface area contributed by atoms with Gasteiger partial charge in [0.2, 0.25) is 0 Å². The van der Waals surface area contributed by atoms with Gasteiger partial charge in [0.05, 0.1) is 13.2 Å². The van der Waals surface area contributed by atoms with Crippen LogP contribution < -0.4 is 10.6 Å². The smallest absolute Gasteiger partial charge is 0.328 e. The molecule has 2 N–H and O–H groups in total. The van der Waals surface area contributed by atoms with Gasteiger partial charge in [-0.25, -0.2) is 4.79 Å². The van der Waals surface area contributed by atoms with Gasteiger partial charge in [0.15, 0.2) is 0 Å². The molecule has 1 aromatic rings. The molecule has 0 fully saturated rings. The van der Waals surface area contributed by atoms with E-state index in [2.05, 4.69) is 10.6 Å². The highest BCUT2D eigenvalue weighted by Gasteiger charge is 2.22. The minimum Gasteiger partial charge on any atom is -0.466 e. The Morgan fingerprint density at radius 3 is 2.23 bits per heavy atom. The minimum absolute atomic E-state index is 0.241. The summed E-state index contributed by atoms with van der Waals surface area (Å²) in [5, 5.41) is 5.70. The monoisotopic (exact) mass is 364 g/mol. The highest BCUT2D eigenvalue weighted by Crippen LogP contribution is 2.11. The number of hydrogen-bond acceptors (Lipinski definition) is 6. The van der Waals surface area contributed by atoms with Gasteiger partial charge in [-0.3, -0.25) is 9.59 Å². The number of ether oxygens (including phenoxy) is 2. The van der Waals surface area contributed by atoms with Crippen LogP contribution in [0.5, 0.6) is 0 Å². The Balaban J connectivity index is 2.60. The van der Waals surface area contributed by atoms with Crippen LogP contribution in [-0.4, -0.2) is 44.1 Å². The van der Waals surface area contributed by atoms with Crippen molar-refractivity contribution in [2.24, 2.45) is 0 Å². The van der Waals surface area contributed by atoms with Gasteiger partial charge in [-0.05, 0) is 51.0 Å². The van der Waals surface area contributed by atoms with E-state index in [-0.39, 0.29) is 18.5 Å². The van der Waals surface area contributed by atoms with Gasteiger partial charge in [-0.15, -0.1) is 0 Å². The van der Waals surface area contributed by atoms with Crippen molar-refractivity contribution in [1.29, 1.82) is 0 Å². The lowest BCUT2D eigenvalue weighted by molar-refractivity contribution is -0.145. The summed E-state index contributed by atoms with van der Waals surface area (Å²) < 4.78 is 9.91. The zero-order chi connectivity index (χ0) is 19.4. The normalized spacial score (nSPS) is 11.3. The Labute approximate surface area is 154 Å². The van der Waals surface area contributed by atoms with E-state index in [0.717, 1.165) is 5.69 Å². The Hall–Kier alpha value is -2.57. The fourth-order valence-electron chi connectivity index (χ4n) is 2.37. The first-order valence-corrected chi connectivity index (χ1v) is 8.92. The molecule has 0 aliphatic rings. The molecule has 0 bridgehead atoms. The number of benzene rings is 1. The Morgan fingerprint density at radius 2 is 1.65 bits per heavy atom. The third-order valence-corrected chi connectivity index (χ3v) is 3.74. The summed E-state index contributed by atoms with van der Waals surface area (Å²) in [5.41, 5.74) is 1.35. The summed E-state index contributed by atoms with van der Waals surface area (Å²) in [6, 6.07) is 6.20. The van der Waals surface area contributed by atoms with Crippen LogP contribution >= 0.6 is 0 Å². The standard InChI is InChI=1S/C19H28N2O5/c1-4-25-17(22)9-7-6-8-16(19(24)26-5-2)21-18(23)14-10-12-15(20-3)13-11-14/h10-13,16,20H,4-9H2,1-3H3,(H,21,23). The molecular weight excluding hydrogens is 336 g/mol. The third kappa shape index (κ3) is 7.55. The molecule has 1 amide bonds. The molecule has 0 aliphatic heterocycles. The van der Waals surface area contributed by atoms with Gasteiger partial charge < -0.3 is 20.1 Å². The number of carbonyl (C=O) groups is 3. The number of anilines is 1. The number of amides is 1. The second-order valence-electron chi connectivity index (χ2n) is 5.66. The van der Waals surface area contributed by atoms with Gasteiger partial charge in [0.1, 0.15) is 6.04 Å². The molecule has 0 heterocycles. The second-order valence-corrected chi connectivity index (χ2v) is 5.66. The number of rotatable bonds is 11. The van der Waals surface area contributed by atoms with Gasteiger partial charge in [0, 0.05) is 24.7 Å². The van der Waals surface area contributed by atoms with E-state index in [1.165, 1.54) is 0 Å². The first kappa shape index (κ1) is 21.5. The zero-order valence-electron chi connectivity index (χ0n) is 15.7. The quantitative estimate of drug-likeness (QED) is 0.463. The van der Waals surface area contributed by atoms with Crippen molar-refractivity contribution in [2.75, 3.05) is 25.6 Å². The molecule has 0 saturated carbocycles. The first-order valence-electron chi connectivity index (χ1n) is 8.92. The molecule has 26 heavy (non-hydrogen) atoms. The topological polar surface area (TPSA) is 93.7 Å². The molecule has 0 spiro atoms. The van der Waals surface area contributed by atoms with E-state index in [4.69, 9.17) is 9.47 Å². The van der Waals surface area contributed by atoms with Gasteiger partial charge >= 0.3 is 11.9 Å². The van der Waals surface area contributed by atoms with Crippen molar-refractivity contribution < 1.29 is 23.9 Å². The zero-order valence-corrected chi connectivity index (χ0v) is 15.7. The van der Waals surface area contributed by atoms with Crippen molar-refractivity contribution in [3.05, 3.63) is 29.8 Å². The molecule has 1 aromatic carbocycles. The highest BCUT2D eigenvalue weighted by molar-refractivity contribution is 5.97. The van der Waals surface area contributed by atoms with Crippen molar-refractivity contribution in [1.82, 2.24) is 5.32 Å². The molecule has 1 atom stereocenters. The van der Waals surface area contributed by atoms with Crippen molar-refractivity contribution >= 4 is 23.5 Å². The van der Waals surface area contributed by atoms with Crippen molar-refractivity contribution in [3.8, 4) is 0 Å². The number of esters is 2. The fraction of sp³-hybridized carbons (Fsp3) is 0.526. The molecule has 7 heteroatoms. The molecule has 144 valence electrons. The molecule has 0 aliphatic carbocycles. The Morgan fingerprint density at radius 1 is 1.00 bits per heavy atom. The fourth-order valence-corrected chi connectivity index (χ4v) is 2.37. The predicted molar refractivity (Wildman–Crippen MR) is 99.0 cm³/mol. The predicted octanol–water partition coefficient (Wildman–Crippen LogP) is 2.51. The lowest BCUT2D eigenvalue weighted by Gasteiger charge is -2.17. The summed E-state index contributed by atoms with van der Waals surface area (Å²) in [6.45, 7) is 4.07. The first-order chi connectivity index (χ1) is 12.5. The van der Waals surface area contributed by atoms with E-state index >= 15 is 0 Å². The molecule has 1 unspecified atom stereocenters. The van der Waals surface area contributed by atoms with E-state index in [0.29, 0.717) is 37.9 Å². The highest BCUT2D eigenvalue weighted by atomic mass is 16.5. The average molecular weight is 364 g/mol. The largest absolute Gasteiger partial charge is 0.466 e. The molecular formula is C19H28N2O5. The number of hydrogen-bond donors (Lipinski definition) is 2. The van der Waals surface area contributed by atoms with Gasteiger partial charge in [-0.1, -0.05) is 6.42 Å². The maximum atomic E-state index is 12.4. The Kier molecular flexibility index (Phi) is 9.82. The van der Waals surface area contributed by atoms with E-state index in [1.807, 2.05) is 0 Å². The minimum atomic E-state index is -0.742. The van der Waals surface area contributed by atoms with E-state index in [1.54, 1.807) is 45.2 Å². The van der Waals surface area contributed by atoms with Crippen molar-refractivity contribution in [3.63, 3.8) is 0 Å². The molecule has 1 rings (SSSR count). The van der Waals surface area contributed by atoms with Crippen LogP contribution in [0.15, 0.2) is 24.3 Å². The Bertz CT molecular complexity index is 586. The van der Waals surface area contributed by atoms with Crippen LogP contribution in [-0.2, 0) is 19.1 Å². The maximum absolute atomic E-state index is 12.4. The van der Waals surface area contributed by atoms with Crippen LogP contribution in [0.4, 0.5) is 5.69 Å². The number of nitrogens with one attached hydrogen (secondary N) is 2. The summed E-state index contributed by atoms with van der Waals surface area (Å²) in [5.74, 6) is -1.06. The number of unbranched alkanes of at least 4 members (excludes halogenated alkanes) is 1. The maximum Gasteiger partial charge on any atom is 0.328 e. The van der Waals surface area contributed by atoms with Crippen LogP contribution in [0.25, 0.3) is 0 Å². The van der Waals surface area contributed by atoms with Crippen LogP contribution in [0.3, 0.4) is 0 Å². The van der Waals surface area contributed by atoms with E-state index < -0.39 is 12.0 Å². The lowest BCUT2D eigenvalue weighted by atomic mass is 10.1. The van der Waals surface area contributed by atoms with Crippen LogP contribution in [0.2, 0.25) is 0 Å². The SMILES string of the molecule is CCOC(=O)CCCCC(NC(=O)c1ccc(NC)cc1)C(=O)OCC. The molecule has 0 aromatic heterocycles. The van der Waals surface area contributed by atoms with Crippen LogP contribution in [0.1, 0.15) is 49.9 Å². The molecule has 7 nitrogen and oxygen atoms in total. The van der Waals surface area contributed by atoms with Gasteiger partial charge in [-0.2, -0.15) is 0 Å². The molecule has 0 saturated heterocycles. The third-order valence-electron chi connectivity index (χ3n) is 3.74. The summed E-state index contributed by atoms with van der Waals surface area (Å²) in [7, 11) is 1.79.